The zero-order valence-corrected chi connectivity index (χ0v) is 5.42. The molecule has 2 nitrogen and oxygen atoms in total. The second kappa shape index (κ2) is 1.81. The lowest BCUT2D eigenvalue weighted by molar-refractivity contribution is -0.108. The second-order valence-electron chi connectivity index (χ2n) is 3.11. The number of hydrogen-bond donors (Lipinski definition) is 0. The first-order valence-electron chi connectivity index (χ1n) is 3.58. The highest BCUT2D eigenvalue weighted by Crippen LogP contribution is 2.39. The molecule has 0 aromatic heterocycles. The quantitative estimate of drug-likeness (QED) is 0.494. The molecule has 3 fully saturated rings. The van der Waals surface area contributed by atoms with Crippen LogP contribution in [0.1, 0.15) is 12.8 Å². The molecule has 0 radical (unpaired) electrons. The lowest BCUT2D eigenvalue weighted by Gasteiger charge is -2.24. The van der Waals surface area contributed by atoms with Crippen molar-refractivity contribution in [1.82, 2.24) is 4.90 Å². The highest BCUT2D eigenvalue weighted by molar-refractivity contribution is 5.52. The molecule has 2 heterocycles. The zero-order chi connectivity index (χ0) is 6.27. The number of hydrogen-bond acceptors (Lipinski definition) is 2. The van der Waals surface area contributed by atoms with E-state index in [0.717, 1.165) is 18.2 Å². The topological polar surface area (TPSA) is 20.3 Å². The summed E-state index contributed by atoms with van der Waals surface area (Å²) in [5.41, 5.74) is 0. The molecule has 0 unspecified atom stereocenters. The van der Waals surface area contributed by atoms with E-state index in [1.807, 2.05) is 0 Å². The molecule has 0 aromatic carbocycles. The van der Waals surface area contributed by atoms with Crippen LogP contribution in [-0.4, -0.2) is 30.3 Å². The SMILES string of the molecule is O=CCN1CC2CC1C2. The van der Waals surface area contributed by atoms with Gasteiger partial charge in [0.25, 0.3) is 0 Å². The molecule has 2 saturated heterocycles. The second-order valence-corrected chi connectivity index (χ2v) is 3.11. The maximum Gasteiger partial charge on any atom is 0.133 e. The molecule has 0 aromatic rings. The zero-order valence-electron chi connectivity index (χ0n) is 5.42. The van der Waals surface area contributed by atoms with Crippen molar-refractivity contribution >= 4 is 6.29 Å². The van der Waals surface area contributed by atoms with Gasteiger partial charge >= 0.3 is 0 Å². The van der Waals surface area contributed by atoms with Crippen LogP contribution in [0.25, 0.3) is 0 Å². The summed E-state index contributed by atoms with van der Waals surface area (Å²) >= 11 is 0. The lowest BCUT2D eigenvalue weighted by atomic mass is 9.86. The third-order valence-corrected chi connectivity index (χ3v) is 2.53. The number of fused-ring (bicyclic) bond motifs is 1. The monoisotopic (exact) mass is 125 g/mol. The van der Waals surface area contributed by atoms with Crippen LogP contribution in [0.15, 0.2) is 0 Å². The van der Waals surface area contributed by atoms with Crippen molar-refractivity contribution < 1.29 is 4.79 Å². The minimum atomic E-state index is 0.668. The Kier molecular flexibility index (Phi) is 1.09. The van der Waals surface area contributed by atoms with Crippen LogP contribution in [0.3, 0.4) is 0 Å². The number of nitrogens with zero attached hydrogens (tertiary/aromatic N) is 1. The fraction of sp³-hybridized carbons (Fsp3) is 0.857. The van der Waals surface area contributed by atoms with Gasteiger partial charge in [-0.05, 0) is 18.8 Å². The summed E-state index contributed by atoms with van der Waals surface area (Å²) in [6, 6.07) is 0.778. The number of carbonyl (C=O) groups is 1. The predicted octanol–water partition coefficient (Wildman–Crippen LogP) is 0.280. The molecule has 0 spiro atoms. The van der Waals surface area contributed by atoms with E-state index in [1.165, 1.54) is 19.4 Å². The van der Waals surface area contributed by atoms with Crippen molar-refractivity contribution in [2.75, 3.05) is 13.1 Å². The molecule has 50 valence electrons. The van der Waals surface area contributed by atoms with Crippen molar-refractivity contribution in [2.24, 2.45) is 5.92 Å². The Balaban J connectivity index is 1.92. The van der Waals surface area contributed by atoms with Crippen LogP contribution >= 0.6 is 0 Å². The summed E-state index contributed by atoms with van der Waals surface area (Å²) in [6.07, 6.45) is 3.72. The standard InChI is InChI=1S/C7H11NO/c9-2-1-8-5-6-3-7(8)4-6/h2,6-7H,1,3-5H2. The lowest BCUT2D eigenvalue weighted by Crippen LogP contribution is -2.29. The molecule has 0 atom stereocenters. The van der Waals surface area contributed by atoms with Crippen molar-refractivity contribution in [3.63, 3.8) is 0 Å². The molecule has 1 saturated carbocycles. The van der Waals surface area contributed by atoms with Gasteiger partial charge in [-0.15, -0.1) is 0 Å². The largest absolute Gasteiger partial charge is 0.302 e. The molecule has 3 aliphatic rings. The van der Waals surface area contributed by atoms with Crippen LogP contribution < -0.4 is 0 Å². The first-order valence-corrected chi connectivity index (χ1v) is 3.58. The van der Waals surface area contributed by atoms with Gasteiger partial charge in [-0.2, -0.15) is 0 Å². The van der Waals surface area contributed by atoms with Gasteiger partial charge in [-0.1, -0.05) is 0 Å². The van der Waals surface area contributed by atoms with Crippen molar-refractivity contribution in [3.8, 4) is 0 Å². The molecular formula is C7H11NO. The normalized spacial score (nSPS) is 40.4. The molecule has 2 aliphatic heterocycles. The van der Waals surface area contributed by atoms with E-state index in [2.05, 4.69) is 4.90 Å². The Hall–Kier alpha value is -0.370. The number of carbonyl (C=O) groups excluding carboxylic acids is 1. The Morgan fingerprint density at radius 1 is 1.56 bits per heavy atom. The fourth-order valence-electron chi connectivity index (χ4n) is 1.95. The summed E-state index contributed by atoms with van der Waals surface area (Å²) in [7, 11) is 0. The first-order chi connectivity index (χ1) is 4.40. The van der Waals surface area contributed by atoms with Crippen molar-refractivity contribution in [2.45, 2.75) is 18.9 Å². The summed E-state index contributed by atoms with van der Waals surface area (Å²) in [5, 5.41) is 0. The average molecular weight is 125 g/mol. The Morgan fingerprint density at radius 2 is 2.33 bits per heavy atom. The summed E-state index contributed by atoms with van der Waals surface area (Å²) in [4.78, 5) is 12.4. The van der Waals surface area contributed by atoms with Gasteiger partial charge in [0, 0.05) is 12.6 Å². The third-order valence-electron chi connectivity index (χ3n) is 2.53. The van der Waals surface area contributed by atoms with Crippen molar-refractivity contribution in [1.29, 1.82) is 0 Å². The molecule has 9 heavy (non-hydrogen) atoms. The van der Waals surface area contributed by atoms with E-state index in [0.29, 0.717) is 6.54 Å². The third kappa shape index (κ3) is 0.697. The molecule has 2 bridgehead atoms. The van der Waals surface area contributed by atoms with Gasteiger partial charge in [0.15, 0.2) is 0 Å². The first kappa shape index (κ1) is 5.42. The van der Waals surface area contributed by atoms with Gasteiger partial charge in [-0.3, -0.25) is 4.90 Å². The van der Waals surface area contributed by atoms with Crippen LogP contribution in [0, 0.1) is 5.92 Å². The number of aldehydes is 1. The molecule has 2 heteroatoms. The van der Waals surface area contributed by atoms with Crippen LogP contribution in [0.2, 0.25) is 0 Å². The summed E-state index contributed by atoms with van der Waals surface area (Å²) in [5.74, 6) is 0.940. The van der Waals surface area contributed by atoms with E-state index in [4.69, 9.17) is 0 Å². The maximum atomic E-state index is 10.1. The Morgan fingerprint density at radius 3 is 2.78 bits per heavy atom. The summed E-state index contributed by atoms with van der Waals surface area (Å²) < 4.78 is 0. The molecular weight excluding hydrogens is 114 g/mol. The van der Waals surface area contributed by atoms with Gasteiger partial charge in [0.05, 0.1) is 6.54 Å². The van der Waals surface area contributed by atoms with Crippen LogP contribution in [0.5, 0.6) is 0 Å². The summed E-state index contributed by atoms with van der Waals surface area (Å²) in [6.45, 7) is 1.85. The molecule has 0 amide bonds. The fourth-order valence-corrected chi connectivity index (χ4v) is 1.95. The minimum absolute atomic E-state index is 0.668. The highest BCUT2D eigenvalue weighted by atomic mass is 16.1. The van der Waals surface area contributed by atoms with Gasteiger partial charge < -0.3 is 4.79 Å². The van der Waals surface area contributed by atoms with E-state index in [9.17, 15) is 4.79 Å². The van der Waals surface area contributed by atoms with Crippen LogP contribution in [0.4, 0.5) is 0 Å². The van der Waals surface area contributed by atoms with E-state index < -0.39 is 0 Å². The van der Waals surface area contributed by atoms with Gasteiger partial charge in [0.1, 0.15) is 6.29 Å². The van der Waals surface area contributed by atoms with Crippen LogP contribution in [-0.2, 0) is 4.79 Å². The van der Waals surface area contributed by atoms with Gasteiger partial charge in [0.2, 0.25) is 0 Å². The minimum Gasteiger partial charge on any atom is -0.302 e. The maximum absolute atomic E-state index is 10.1. The molecule has 3 rings (SSSR count). The smallest absolute Gasteiger partial charge is 0.133 e. The van der Waals surface area contributed by atoms with E-state index in [1.54, 1.807) is 0 Å². The Bertz CT molecular complexity index is 129. The average Bonchev–Trinajstić information content (AvgIpc) is 2.20. The molecule has 1 aliphatic carbocycles. The molecule has 0 N–H and O–H groups in total. The predicted molar refractivity (Wildman–Crippen MR) is 34.1 cm³/mol. The highest BCUT2D eigenvalue weighted by Gasteiger charge is 2.41. The number of rotatable bonds is 2. The van der Waals surface area contributed by atoms with Crippen molar-refractivity contribution in [3.05, 3.63) is 0 Å². The Labute approximate surface area is 54.8 Å². The van der Waals surface area contributed by atoms with Gasteiger partial charge in [-0.25, -0.2) is 0 Å². The van der Waals surface area contributed by atoms with E-state index >= 15 is 0 Å². The van der Waals surface area contributed by atoms with E-state index in [-0.39, 0.29) is 0 Å².